The fourth-order valence-corrected chi connectivity index (χ4v) is 4.63. The van der Waals surface area contributed by atoms with Gasteiger partial charge in [0.2, 0.25) is 0 Å². The number of nitro benzene ring substituents is 1. The van der Waals surface area contributed by atoms with E-state index in [4.69, 9.17) is 16.3 Å². The number of hydrogen-bond acceptors (Lipinski definition) is 8. The van der Waals surface area contributed by atoms with Crippen molar-refractivity contribution in [3.63, 3.8) is 0 Å². The maximum Gasteiger partial charge on any atom is 0.341 e. The molecule has 2 amide bonds. The summed E-state index contributed by atoms with van der Waals surface area (Å²) >= 11 is 7.22. The van der Waals surface area contributed by atoms with Crippen LogP contribution in [0.5, 0.6) is 0 Å². The fraction of sp³-hybridized carbons (Fsp3) is 0.300. The lowest BCUT2D eigenvalue weighted by Crippen LogP contribution is -2.32. The number of carbonyl (C=O) groups is 3. The Morgan fingerprint density at radius 1 is 1.28 bits per heavy atom. The molecule has 0 saturated heterocycles. The molecular weight excluding hydrogens is 460 g/mol. The van der Waals surface area contributed by atoms with Gasteiger partial charge in [0, 0.05) is 27.6 Å². The average Bonchev–Trinajstić information content (AvgIpc) is 3.12. The second-order valence-electron chi connectivity index (χ2n) is 6.75. The molecule has 1 aromatic carbocycles. The Labute approximate surface area is 191 Å². The van der Waals surface area contributed by atoms with E-state index in [2.05, 4.69) is 10.4 Å². The summed E-state index contributed by atoms with van der Waals surface area (Å²) in [6, 6.07) is 3.73. The molecule has 2 N–H and O–H groups in total. The van der Waals surface area contributed by atoms with Crippen molar-refractivity contribution in [2.24, 2.45) is 5.10 Å². The number of nitrogens with zero attached hydrogens (tertiary/aromatic N) is 2. The molecule has 1 aliphatic rings. The summed E-state index contributed by atoms with van der Waals surface area (Å²) in [5.74, 6) is -2.64. The van der Waals surface area contributed by atoms with E-state index in [0.29, 0.717) is 12.0 Å². The van der Waals surface area contributed by atoms with Crippen molar-refractivity contribution in [1.29, 1.82) is 0 Å². The summed E-state index contributed by atoms with van der Waals surface area (Å²) in [4.78, 5) is 48.2. The van der Waals surface area contributed by atoms with Crippen LogP contribution in [0, 0.1) is 10.1 Å². The zero-order valence-corrected chi connectivity index (χ0v) is 18.5. The number of esters is 1. The third kappa shape index (κ3) is 5.29. The lowest BCUT2D eigenvalue weighted by molar-refractivity contribution is -0.384. The van der Waals surface area contributed by atoms with Gasteiger partial charge in [0.05, 0.1) is 23.3 Å². The number of nitrogens with one attached hydrogen (secondary N) is 2. The molecule has 1 aromatic heterocycles. The lowest BCUT2D eigenvalue weighted by atomic mass is 9.95. The number of halogens is 1. The summed E-state index contributed by atoms with van der Waals surface area (Å²) in [5, 5.41) is 17.4. The van der Waals surface area contributed by atoms with Crippen molar-refractivity contribution in [3.05, 3.63) is 54.9 Å². The van der Waals surface area contributed by atoms with E-state index in [0.717, 1.165) is 35.9 Å². The van der Waals surface area contributed by atoms with Crippen LogP contribution in [0.1, 0.15) is 46.1 Å². The van der Waals surface area contributed by atoms with Gasteiger partial charge in [0.1, 0.15) is 5.00 Å². The third-order valence-electron chi connectivity index (χ3n) is 4.64. The fourth-order valence-electron chi connectivity index (χ4n) is 3.19. The quantitative estimate of drug-likeness (QED) is 0.214. The van der Waals surface area contributed by atoms with Crippen molar-refractivity contribution in [2.75, 3.05) is 11.9 Å². The van der Waals surface area contributed by atoms with E-state index in [1.165, 1.54) is 29.5 Å². The van der Waals surface area contributed by atoms with E-state index in [1.807, 2.05) is 5.43 Å². The number of ether oxygens (including phenoxy) is 1. The Balaban J connectivity index is 1.71. The minimum atomic E-state index is -1.08. The summed E-state index contributed by atoms with van der Waals surface area (Å²) in [6.07, 6.45) is 4.50. The zero-order chi connectivity index (χ0) is 23.3. The highest BCUT2D eigenvalue weighted by atomic mass is 35.5. The number of nitro groups is 1. The molecule has 0 bridgehead atoms. The second kappa shape index (κ2) is 10.3. The van der Waals surface area contributed by atoms with Gasteiger partial charge in [0.25, 0.3) is 5.69 Å². The van der Waals surface area contributed by atoms with Crippen molar-refractivity contribution in [1.82, 2.24) is 5.43 Å². The van der Waals surface area contributed by atoms with E-state index in [-0.39, 0.29) is 27.9 Å². The highest BCUT2D eigenvalue weighted by Gasteiger charge is 2.28. The van der Waals surface area contributed by atoms with Gasteiger partial charge in [-0.1, -0.05) is 11.6 Å². The Morgan fingerprint density at radius 3 is 2.75 bits per heavy atom. The van der Waals surface area contributed by atoms with Crippen LogP contribution < -0.4 is 10.7 Å². The SMILES string of the molecule is CCOC(=O)c1c(NC(=O)C(=O)N/N=C/c2cc([N+](=O)[O-])ccc2Cl)sc2c1CCCC2. The second-order valence-corrected chi connectivity index (χ2v) is 8.26. The number of non-ortho nitro benzene ring substituents is 1. The van der Waals surface area contributed by atoms with Gasteiger partial charge in [0.15, 0.2) is 0 Å². The van der Waals surface area contributed by atoms with Crippen molar-refractivity contribution >= 4 is 57.6 Å². The van der Waals surface area contributed by atoms with Crippen LogP contribution >= 0.6 is 22.9 Å². The minimum absolute atomic E-state index is 0.182. The van der Waals surface area contributed by atoms with Crippen LogP contribution in [0.3, 0.4) is 0 Å². The zero-order valence-electron chi connectivity index (χ0n) is 17.0. The first kappa shape index (κ1) is 23.4. The highest BCUT2D eigenvalue weighted by Crippen LogP contribution is 2.38. The van der Waals surface area contributed by atoms with E-state index in [1.54, 1.807) is 6.92 Å². The molecule has 0 spiro atoms. The minimum Gasteiger partial charge on any atom is -0.462 e. The van der Waals surface area contributed by atoms with E-state index >= 15 is 0 Å². The number of amides is 2. The lowest BCUT2D eigenvalue weighted by Gasteiger charge is -2.12. The van der Waals surface area contributed by atoms with Crippen LogP contribution in [0.4, 0.5) is 10.7 Å². The van der Waals surface area contributed by atoms with E-state index < -0.39 is 22.7 Å². The van der Waals surface area contributed by atoms with Gasteiger partial charge in [-0.3, -0.25) is 19.7 Å². The summed E-state index contributed by atoms with van der Waals surface area (Å²) in [5.41, 5.74) is 3.18. The molecule has 32 heavy (non-hydrogen) atoms. The number of carbonyl (C=O) groups excluding carboxylic acids is 3. The van der Waals surface area contributed by atoms with E-state index in [9.17, 15) is 24.5 Å². The van der Waals surface area contributed by atoms with Gasteiger partial charge < -0.3 is 10.1 Å². The molecule has 0 fully saturated rings. The molecule has 1 heterocycles. The number of benzene rings is 1. The van der Waals surface area contributed by atoms with Gasteiger partial charge in [-0.05, 0) is 44.2 Å². The van der Waals surface area contributed by atoms with Crippen LogP contribution in [0.25, 0.3) is 0 Å². The van der Waals surface area contributed by atoms with Crippen LogP contribution in [-0.4, -0.2) is 35.5 Å². The number of hydrogen-bond donors (Lipinski definition) is 2. The molecule has 0 aliphatic heterocycles. The number of fused-ring (bicyclic) bond motifs is 1. The number of aryl methyl sites for hydroxylation is 1. The number of anilines is 1. The third-order valence-corrected chi connectivity index (χ3v) is 6.20. The average molecular weight is 479 g/mol. The molecule has 0 unspecified atom stereocenters. The first-order valence-corrected chi connectivity index (χ1v) is 10.9. The Hall–Kier alpha value is -3.31. The van der Waals surface area contributed by atoms with Gasteiger partial charge in [-0.2, -0.15) is 5.10 Å². The Kier molecular flexibility index (Phi) is 7.54. The summed E-state index contributed by atoms with van der Waals surface area (Å²) in [7, 11) is 0. The number of hydrazone groups is 1. The molecule has 10 nitrogen and oxygen atoms in total. The standard InChI is InChI=1S/C20H19ClN4O6S/c1-2-31-20(28)16-13-5-3-4-6-15(13)32-19(16)23-17(26)18(27)24-22-10-11-9-12(25(29)30)7-8-14(11)21/h7-10H,2-6H2,1H3,(H,23,26)(H,24,27)/b22-10+. The van der Waals surface area contributed by atoms with Crippen LogP contribution in [0.2, 0.25) is 5.02 Å². The maximum absolute atomic E-state index is 12.4. The summed E-state index contributed by atoms with van der Waals surface area (Å²) < 4.78 is 5.12. The first-order valence-electron chi connectivity index (χ1n) is 9.71. The molecule has 1 aliphatic carbocycles. The van der Waals surface area contributed by atoms with Crippen LogP contribution in [-0.2, 0) is 27.2 Å². The van der Waals surface area contributed by atoms with Crippen molar-refractivity contribution < 1.29 is 24.0 Å². The predicted octanol–water partition coefficient (Wildman–Crippen LogP) is 3.45. The summed E-state index contributed by atoms with van der Waals surface area (Å²) in [6.45, 7) is 1.88. The number of rotatable bonds is 6. The molecule has 3 rings (SSSR count). The van der Waals surface area contributed by atoms with Gasteiger partial charge in [-0.15, -0.1) is 11.3 Å². The van der Waals surface area contributed by atoms with Gasteiger partial charge >= 0.3 is 17.8 Å². The first-order chi connectivity index (χ1) is 15.3. The maximum atomic E-state index is 12.4. The largest absolute Gasteiger partial charge is 0.462 e. The van der Waals surface area contributed by atoms with Crippen molar-refractivity contribution in [2.45, 2.75) is 32.6 Å². The Bertz CT molecular complexity index is 1110. The molecule has 2 aromatic rings. The van der Waals surface area contributed by atoms with Gasteiger partial charge in [-0.25, -0.2) is 10.2 Å². The predicted molar refractivity (Wildman–Crippen MR) is 119 cm³/mol. The smallest absolute Gasteiger partial charge is 0.341 e. The Morgan fingerprint density at radius 2 is 2.03 bits per heavy atom. The molecule has 12 heteroatoms. The normalized spacial score (nSPS) is 12.8. The molecule has 0 saturated carbocycles. The topological polar surface area (TPSA) is 140 Å². The van der Waals surface area contributed by atoms with Crippen LogP contribution in [0.15, 0.2) is 23.3 Å². The highest BCUT2D eigenvalue weighted by molar-refractivity contribution is 7.17. The monoisotopic (exact) mass is 478 g/mol. The molecule has 168 valence electrons. The molecular formula is C20H19ClN4O6S. The molecule has 0 radical (unpaired) electrons. The van der Waals surface area contributed by atoms with Crippen molar-refractivity contribution in [3.8, 4) is 0 Å². The number of thiophene rings is 1. The molecule has 0 atom stereocenters.